The van der Waals surface area contributed by atoms with E-state index in [0.29, 0.717) is 40.4 Å². The summed E-state index contributed by atoms with van der Waals surface area (Å²) in [6.07, 6.45) is 0.173. The van der Waals surface area contributed by atoms with E-state index in [-0.39, 0.29) is 18.3 Å². The minimum absolute atomic E-state index is 0.173. The van der Waals surface area contributed by atoms with Crippen molar-refractivity contribution >= 4 is 16.9 Å². The van der Waals surface area contributed by atoms with E-state index in [4.69, 9.17) is 18.6 Å². The Hall–Kier alpha value is -4.32. The first-order chi connectivity index (χ1) is 17.4. The van der Waals surface area contributed by atoms with E-state index in [1.807, 2.05) is 68.4 Å². The first-order valence-corrected chi connectivity index (χ1v) is 11.7. The minimum atomic E-state index is -0.463. The van der Waals surface area contributed by atoms with Crippen LogP contribution in [0.1, 0.15) is 36.0 Å². The number of fused-ring (bicyclic) bond motifs is 3. The van der Waals surface area contributed by atoms with E-state index in [0.717, 1.165) is 27.8 Å². The average molecular weight is 483 g/mol. The predicted molar refractivity (Wildman–Crippen MR) is 138 cm³/mol. The Morgan fingerprint density at radius 1 is 1.06 bits per heavy atom. The summed E-state index contributed by atoms with van der Waals surface area (Å²) >= 11 is 0. The number of ether oxygens (including phenoxy) is 3. The first kappa shape index (κ1) is 23.4. The van der Waals surface area contributed by atoms with Gasteiger partial charge in [0.05, 0.1) is 18.9 Å². The standard InChI is InChI=1S/C30H26O6/c1-17(2)16-34-23-11-10-20(13-24(23)33-4)22-15-27(32)36-30-28(22)18(3)12-25-29(30)21(14-26(31)35-25)19-8-6-5-7-9-19/h5-14,22H,1,15-16H2,2-4H3/t22-/m1/s1. The van der Waals surface area contributed by atoms with Gasteiger partial charge in [0.1, 0.15) is 17.9 Å². The molecule has 4 aromatic rings. The van der Waals surface area contributed by atoms with Gasteiger partial charge in [-0.3, -0.25) is 4.79 Å². The van der Waals surface area contributed by atoms with Crippen LogP contribution in [-0.2, 0) is 4.79 Å². The Labute approximate surface area is 208 Å². The highest BCUT2D eigenvalue weighted by Gasteiger charge is 2.33. The number of aryl methyl sites for hydroxylation is 1. The van der Waals surface area contributed by atoms with Crippen LogP contribution in [0.5, 0.6) is 17.2 Å². The number of rotatable bonds is 6. The second-order valence-electron chi connectivity index (χ2n) is 9.04. The van der Waals surface area contributed by atoms with Gasteiger partial charge in [-0.25, -0.2) is 4.79 Å². The maximum Gasteiger partial charge on any atom is 0.336 e. The van der Waals surface area contributed by atoms with Gasteiger partial charge in [-0.1, -0.05) is 43.0 Å². The van der Waals surface area contributed by atoms with Crippen LogP contribution in [0.4, 0.5) is 0 Å². The molecule has 36 heavy (non-hydrogen) atoms. The molecule has 0 fully saturated rings. The lowest BCUT2D eigenvalue weighted by Gasteiger charge is -2.28. The van der Waals surface area contributed by atoms with Crippen molar-refractivity contribution in [2.24, 2.45) is 0 Å². The highest BCUT2D eigenvalue weighted by molar-refractivity contribution is 6.01. The van der Waals surface area contributed by atoms with Gasteiger partial charge in [0.25, 0.3) is 0 Å². The van der Waals surface area contributed by atoms with Crippen LogP contribution in [0, 0.1) is 6.92 Å². The van der Waals surface area contributed by atoms with Crippen LogP contribution in [-0.4, -0.2) is 19.7 Å². The van der Waals surface area contributed by atoms with Crippen LogP contribution in [0.2, 0.25) is 0 Å². The molecule has 6 nitrogen and oxygen atoms in total. The van der Waals surface area contributed by atoms with Gasteiger partial charge in [-0.2, -0.15) is 0 Å². The molecule has 1 aliphatic heterocycles. The molecule has 0 amide bonds. The van der Waals surface area contributed by atoms with Gasteiger partial charge in [0.2, 0.25) is 0 Å². The molecule has 3 aromatic carbocycles. The fourth-order valence-electron chi connectivity index (χ4n) is 4.75. The fourth-order valence-corrected chi connectivity index (χ4v) is 4.75. The molecule has 1 atom stereocenters. The zero-order chi connectivity index (χ0) is 25.4. The molecule has 182 valence electrons. The maximum absolute atomic E-state index is 12.9. The molecule has 1 aliphatic rings. The Morgan fingerprint density at radius 3 is 2.56 bits per heavy atom. The summed E-state index contributed by atoms with van der Waals surface area (Å²) in [7, 11) is 1.59. The van der Waals surface area contributed by atoms with E-state index >= 15 is 0 Å². The van der Waals surface area contributed by atoms with Crippen molar-refractivity contribution in [3.63, 3.8) is 0 Å². The molecule has 0 saturated heterocycles. The molecule has 1 aromatic heterocycles. The number of benzene rings is 3. The molecule has 0 radical (unpaired) electrons. The lowest BCUT2D eigenvalue weighted by atomic mass is 9.82. The number of methoxy groups -OCH3 is 1. The molecule has 0 unspecified atom stereocenters. The Balaban J connectivity index is 1.71. The summed E-state index contributed by atoms with van der Waals surface area (Å²) in [6, 6.07) is 18.5. The smallest absolute Gasteiger partial charge is 0.336 e. The van der Waals surface area contributed by atoms with Gasteiger partial charge in [0.15, 0.2) is 11.5 Å². The topological polar surface area (TPSA) is 75.0 Å². The van der Waals surface area contributed by atoms with Gasteiger partial charge in [-0.05, 0) is 54.3 Å². The van der Waals surface area contributed by atoms with Crippen LogP contribution >= 0.6 is 0 Å². The van der Waals surface area contributed by atoms with Crippen LogP contribution in [0.3, 0.4) is 0 Å². The SMILES string of the molecule is C=C(C)COc1ccc([C@H]2CC(=O)Oc3c2c(C)cc2oc(=O)cc(-c4ccccc4)c32)cc1OC. The Kier molecular flexibility index (Phi) is 6.10. The second kappa shape index (κ2) is 9.38. The Bertz CT molecular complexity index is 1550. The van der Waals surface area contributed by atoms with Gasteiger partial charge in [0, 0.05) is 23.1 Å². The van der Waals surface area contributed by atoms with Crippen molar-refractivity contribution in [2.45, 2.75) is 26.2 Å². The summed E-state index contributed by atoms with van der Waals surface area (Å²) in [5.74, 6) is 0.974. The van der Waals surface area contributed by atoms with Crippen molar-refractivity contribution in [1.29, 1.82) is 0 Å². The molecule has 0 bridgehead atoms. The molecular weight excluding hydrogens is 456 g/mol. The number of esters is 1. The van der Waals surface area contributed by atoms with E-state index in [2.05, 4.69) is 6.58 Å². The number of hydrogen-bond acceptors (Lipinski definition) is 6. The van der Waals surface area contributed by atoms with Crippen molar-refractivity contribution in [3.8, 4) is 28.4 Å². The maximum atomic E-state index is 12.9. The molecule has 0 saturated carbocycles. The zero-order valence-corrected chi connectivity index (χ0v) is 20.4. The van der Waals surface area contributed by atoms with E-state index in [1.165, 1.54) is 6.07 Å². The summed E-state index contributed by atoms with van der Waals surface area (Å²) < 4.78 is 22.8. The normalized spacial score (nSPS) is 14.8. The molecule has 0 N–H and O–H groups in total. The van der Waals surface area contributed by atoms with Crippen molar-refractivity contribution < 1.29 is 23.4 Å². The lowest BCUT2D eigenvalue weighted by Crippen LogP contribution is -2.22. The molecular formula is C30H26O6. The van der Waals surface area contributed by atoms with Crippen LogP contribution < -0.4 is 19.8 Å². The quantitative estimate of drug-likeness (QED) is 0.142. The summed E-state index contributed by atoms with van der Waals surface area (Å²) in [6.45, 7) is 8.08. The molecule has 2 heterocycles. The summed E-state index contributed by atoms with van der Waals surface area (Å²) in [4.78, 5) is 25.3. The third kappa shape index (κ3) is 4.26. The summed E-state index contributed by atoms with van der Waals surface area (Å²) in [5, 5.41) is 0.604. The highest BCUT2D eigenvalue weighted by Crippen LogP contribution is 2.48. The van der Waals surface area contributed by atoms with Crippen molar-refractivity contribution in [3.05, 3.63) is 99.9 Å². The largest absolute Gasteiger partial charge is 0.493 e. The van der Waals surface area contributed by atoms with Gasteiger partial charge in [-0.15, -0.1) is 0 Å². The zero-order valence-electron chi connectivity index (χ0n) is 20.4. The predicted octanol–water partition coefficient (Wildman–Crippen LogP) is 6.17. The molecule has 0 spiro atoms. The monoisotopic (exact) mass is 482 g/mol. The van der Waals surface area contributed by atoms with Crippen LogP contribution in [0.25, 0.3) is 22.1 Å². The number of carbonyl (C=O) groups excluding carboxylic acids is 1. The van der Waals surface area contributed by atoms with Gasteiger partial charge < -0.3 is 18.6 Å². The van der Waals surface area contributed by atoms with E-state index < -0.39 is 5.63 Å². The second-order valence-corrected chi connectivity index (χ2v) is 9.04. The fraction of sp³-hybridized carbons (Fsp3) is 0.200. The molecule has 5 rings (SSSR count). The molecule has 0 aliphatic carbocycles. The average Bonchev–Trinajstić information content (AvgIpc) is 2.86. The van der Waals surface area contributed by atoms with Gasteiger partial charge >= 0.3 is 11.6 Å². The summed E-state index contributed by atoms with van der Waals surface area (Å²) in [5.41, 5.74) is 4.95. The number of hydrogen-bond donors (Lipinski definition) is 0. The van der Waals surface area contributed by atoms with Crippen molar-refractivity contribution in [2.75, 3.05) is 13.7 Å². The van der Waals surface area contributed by atoms with Crippen LogP contribution in [0.15, 0.2) is 82.0 Å². The van der Waals surface area contributed by atoms with E-state index in [1.54, 1.807) is 7.11 Å². The lowest BCUT2D eigenvalue weighted by molar-refractivity contribution is -0.135. The minimum Gasteiger partial charge on any atom is -0.493 e. The van der Waals surface area contributed by atoms with Crippen molar-refractivity contribution in [1.82, 2.24) is 0 Å². The molecule has 6 heteroatoms. The Morgan fingerprint density at radius 2 is 1.83 bits per heavy atom. The highest BCUT2D eigenvalue weighted by atomic mass is 16.5. The third-order valence-electron chi connectivity index (χ3n) is 6.32. The third-order valence-corrected chi connectivity index (χ3v) is 6.32. The number of carbonyl (C=O) groups is 1. The van der Waals surface area contributed by atoms with E-state index in [9.17, 15) is 9.59 Å². The first-order valence-electron chi connectivity index (χ1n) is 11.7.